The van der Waals surface area contributed by atoms with Gasteiger partial charge < -0.3 is 10.3 Å². The van der Waals surface area contributed by atoms with Gasteiger partial charge in [0.1, 0.15) is 5.82 Å². The second-order valence-electron chi connectivity index (χ2n) is 5.40. The van der Waals surface area contributed by atoms with Crippen LogP contribution in [0.5, 0.6) is 0 Å². The van der Waals surface area contributed by atoms with Crippen molar-refractivity contribution in [2.24, 2.45) is 0 Å². The minimum atomic E-state index is -0.115. The lowest BCUT2D eigenvalue weighted by atomic mass is 10.0. The zero-order chi connectivity index (χ0) is 16.2. The molecular weight excluding hydrogens is 288 g/mol. The van der Waals surface area contributed by atoms with Crippen LogP contribution in [0.2, 0.25) is 0 Å². The van der Waals surface area contributed by atoms with E-state index in [9.17, 15) is 4.79 Å². The molecule has 2 aromatic heterocycles. The molecule has 0 saturated carbocycles. The summed E-state index contributed by atoms with van der Waals surface area (Å²) in [6, 6.07) is 11.3. The molecule has 5 heteroatoms. The van der Waals surface area contributed by atoms with E-state index in [4.69, 9.17) is 5.26 Å². The Labute approximate surface area is 134 Å². The zero-order valence-corrected chi connectivity index (χ0v) is 12.8. The van der Waals surface area contributed by atoms with Crippen LogP contribution in [0.3, 0.4) is 0 Å². The highest BCUT2D eigenvalue weighted by molar-refractivity contribution is 5.91. The van der Waals surface area contributed by atoms with Crippen molar-refractivity contribution in [3.8, 4) is 6.07 Å². The molecule has 5 nitrogen and oxygen atoms in total. The van der Waals surface area contributed by atoms with E-state index in [2.05, 4.69) is 28.3 Å². The lowest BCUT2D eigenvalue weighted by molar-refractivity contribution is -0.116. The number of carbonyl (C=O) groups is 1. The minimum Gasteiger partial charge on any atom is -0.361 e. The molecule has 0 aliphatic rings. The van der Waals surface area contributed by atoms with E-state index in [1.54, 1.807) is 12.1 Å². The van der Waals surface area contributed by atoms with Gasteiger partial charge in [-0.3, -0.25) is 4.79 Å². The van der Waals surface area contributed by atoms with Crippen LogP contribution in [-0.4, -0.2) is 15.9 Å². The van der Waals surface area contributed by atoms with Crippen LogP contribution in [0.4, 0.5) is 5.82 Å². The van der Waals surface area contributed by atoms with Crippen LogP contribution in [0.25, 0.3) is 10.9 Å². The molecule has 0 aliphatic carbocycles. The average Bonchev–Trinajstić information content (AvgIpc) is 2.98. The predicted octanol–water partition coefficient (Wildman–Crippen LogP) is 3.31. The minimum absolute atomic E-state index is 0.115. The first-order chi connectivity index (χ1) is 11.2. The maximum absolute atomic E-state index is 12.1. The number of rotatable bonds is 4. The van der Waals surface area contributed by atoms with Gasteiger partial charge in [0.15, 0.2) is 0 Å². The third-order valence-corrected chi connectivity index (χ3v) is 3.77. The molecule has 0 aliphatic heterocycles. The van der Waals surface area contributed by atoms with E-state index in [-0.39, 0.29) is 5.91 Å². The van der Waals surface area contributed by atoms with Crippen LogP contribution >= 0.6 is 0 Å². The lowest BCUT2D eigenvalue weighted by Gasteiger charge is -2.05. The summed E-state index contributed by atoms with van der Waals surface area (Å²) in [4.78, 5) is 19.4. The van der Waals surface area contributed by atoms with Crippen LogP contribution in [0.1, 0.15) is 23.1 Å². The summed E-state index contributed by atoms with van der Waals surface area (Å²) in [7, 11) is 0. The first kappa shape index (κ1) is 14.8. The Morgan fingerprint density at radius 2 is 2.26 bits per heavy atom. The van der Waals surface area contributed by atoms with E-state index in [0.29, 0.717) is 24.2 Å². The number of hydrogen-bond acceptors (Lipinski definition) is 3. The SMILES string of the molecule is Cc1cccc2[nH]cc(CCC(=O)Nc3cc(C#N)ccn3)c12. The van der Waals surface area contributed by atoms with Gasteiger partial charge in [0, 0.05) is 29.7 Å². The third kappa shape index (κ3) is 3.22. The Balaban J connectivity index is 1.68. The van der Waals surface area contributed by atoms with Crippen molar-refractivity contribution in [2.75, 3.05) is 5.32 Å². The first-order valence-corrected chi connectivity index (χ1v) is 7.39. The monoisotopic (exact) mass is 304 g/mol. The Morgan fingerprint density at radius 1 is 1.39 bits per heavy atom. The van der Waals surface area contributed by atoms with Crippen molar-refractivity contribution in [3.05, 3.63) is 59.4 Å². The van der Waals surface area contributed by atoms with Gasteiger partial charge >= 0.3 is 0 Å². The summed E-state index contributed by atoms with van der Waals surface area (Å²) in [5.41, 5.74) is 3.89. The van der Waals surface area contributed by atoms with Crippen LogP contribution in [-0.2, 0) is 11.2 Å². The van der Waals surface area contributed by atoms with Gasteiger partial charge in [-0.2, -0.15) is 5.26 Å². The molecule has 0 radical (unpaired) electrons. The molecular formula is C18H16N4O. The molecule has 0 saturated heterocycles. The van der Waals surface area contributed by atoms with Crippen LogP contribution < -0.4 is 5.32 Å². The Bertz CT molecular complexity index is 905. The number of aryl methyl sites for hydroxylation is 2. The quantitative estimate of drug-likeness (QED) is 0.775. The van der Waals surface area contributed by atoms with Crippen molar-refractivity contribution < 1.29 is 4.79 Å². The summed E-state index contributed by atoms with van der Waals surface area (Å²) >= 11 is 0. The number of hydrogen-bond donors (Lipinski definition) is 2. The summed E-state index contributed by atoms with van der Waals surface area (Å²) in [6.07, 6.45) is 4.48. The summed E-state index contributed by atoms with van der Waals surface area (Å²) in [5.74, 6) is 0.291. The number of anilines is 1. The van der Waals surface area contributed by atoms with E-state index in [0.717, 1.165) is 11.1 Å². The van der Waals surface area contributed by atoms with Gasteiger partial charge in [-0.1, -0.05) is 12.1 Å². The third-order valence-electron chi connectivity index (χ3n) is 3.77. The highest BCUT2D eigenvalue weighted by Crippen LogP contribution is 2.23. The van der Waals surface area contributed by atoms with Crippen LogP contribution in [0.15, 0.2) is 42.7 Å². The summed E-state index contributed by atoms with van der Waals surface area (Å²) in [5, 5.41) is 12.8. The summed E-state index contributed by atoms with van der Waals surface area (Å²) < 4.78 is 0. The number of aromatic amines is 1. The van der Waals surface area contributed by atoms with Gasteiger partial charge in [-0.15, -0.1) is 0 Å². The number of amides is 1. The maximum Gasteiger partial charge on any atom is 0.225 e. The largest absolute Gasteiger partial charge is 0.361 e. The fourth-order valence-electron chi connectivity index (χ4n) is 2.67. The second kappa shape index (κ2) is 6.32. The van der Waals surface area contributed by atoms with Gasteiger partial charge in [0.2, 0.25) is 5.91 Å². The lowest BCUT2D eigenvalue weighted by Crippen LogP contribution is -2.13. The number of nitrogens with zero attached hydrogens (tertiary/aromatic N) is 2. The predicted molar refractivity (Wildman–Crippen MR) is 88.9 cm³/mol. The number of benzene rings is 1. The second-order valence-corrected chi connectivity index (χ2v) is 5.40. The Kier molecular flexibility index (Phi) is 4.07. The average molecular weight is 304 g/mol. The fraction of sp³-hybridized carbons (Fsp3) is 0.167. The Morgan fingerprint density at radius 3 is 3.09 bits per heavy atom. The molecule has 3 rings (SSSR count). The number of carbonyl (C=O) groups excluding carboxylic acids is 1. The highest BCUT2D eigenvalue weighted by atomic mass is 16.1. The van der Waals surface area contributed by atoms with E-state index >= 15 is 0 Å². The Hall–Kier alpha value is -3.13. The molecule has 1 aromatic carbocycles. The van der Waals surface area contributed by atoms with Crippen LogP contribution in [0, 0.1) is 18.3 Å². The van der Waals surface area contributed by atoms with Gasteiger partial charge in [0.05, 0.1) is 11.6 Å². The van der Waals surface area contributed by atoms with Crippen molar-refractivity contribution in [1.82, 2.24) is 9.97 Å². The molecule has 0 unspecified atom stereocenters. The number of nitrogens with one attached hydrogen (secondary N) is 2. The first-order valence-electron chi connectivity index (χ1n) is 7.39. The summed E-state index contributed by atoms with van der Waals surface area (Å²) in [6.45, 7) is 2.07. The van der Waals surface area contributed by atoms with Crippen molar-refractivity contribution in [1.29, 1.82) is 5.26 Å². The molecule has 0 bridgehead atoms. The molecule has 0 atom stereocenters. The number of H-pyrrole nitrogens is 1. The molecule has 3 aromatic rings. The number of nitriles is 1. The molecule has 1 amide bonds. The number of aromatic nitrogens is 2. The molecule has 0 spiro atoms. The van der Waals surface area contributed by atoms with E-state index < -0.39 is 0 Å². The van der Waals surface area contributed by atoms with Gasteiger partial charge in [-0.25, -0.2) is 4.98 Å². The maximum atomic E-state index is 12.1. The highest BCUT2D eigenvalue weighted by Gasteiger charge is 2.09. The van der Waals surface area contributed by atoms with Crippen molar-refractivity contribution in [2.45, 2.75) is 19.8 Å². The van der Waals surface area contributed by atoms with Gasteiger partial charge in [0.25, 0.3) is 0 Å². The normalized spacial score (nSPS) is 10.4. The number of fused-ring (bicyclic) bond motifs is 1. The van der Waals surface area contributed by atoms with Crippen molar-refractivity contribution in [3.63, 3.8) is 0 Å². The number of pyridine rings is 1. The molecule has 0 fully saturated rings. The molecule has 2 N–H and O–H groups in total. The fourth-order valence-corrected chi connectivity index (χ4v) is 2.67. The molecule has 23 heavy (non-hydrogen) atoms. The zero-order valence-electron chi connectivity index (χ0n) is 12.8. The van der Waals surface area contributed by atoms with E-state index in [1.165, 1.54) is 17.1 Å². The molecule has 2 heterocycles. The molecule has 114 valence electrons. The van der Waals surface area contributed by atoms with E-state index in [1.807, 2.05) is 24.4 Å². The standard InChI is InChI=1S/C18H16N4O/c1-12-3-2-4-15-18(12)14(11-21-15)5-6-17(23)22-16-9-13(10-19)7-8-20-16/h2-4,7-9,11,21H,5-6H2,1H3,(H,20,22,23). The topological polar surface area (TPSA) is 81.6 Å². The van der Waals surface area contributed by atoms with Crippen molar-refractivity contribution >= 4 is 22.6 Å². The van der Waals surface area contributed by atoms with Gasteiger partial charge in [-0.05, 0) is 42.7 Å². The smallest absolute Gasteiger partial charge is 0.225 e.